The Morgan fingerprint density at radius 3 is 2.58 bits per heavy atom. The summed E-state index contributed by atoms with van der Waals surface area (Å²) in [6.07, 6.45) is 2.46. The largest absolute Gasteiger partial charge is 0.457 e. The zero-order chi connectivity index (χ0) is 24.4. The fourth-order valence-electron chi connectivity index (χ4n) is 3.09. The van der Waals surface area contributed by atoms with Gasteiger partial charge in [0.25, 0.3) is 5.91 Å². The minimum atomic E-state index is -0.606. The first kappa shape index (κ1) is 25.6. The summed E-state index contributed by atoms with van der Waals surface area (Å²) in [5.41, 5.74) is 0.465. The summed E-state index contributed by atoms with van der Waals surface area (Å²) in [5.74, 6) is -0.282. The van der Waals surface area contributed by atoms with Crippen molar-refractivity contribution in [2.75, 3.05) is 32.5 Å². The van der Waals surface area contributed by atoms with Gasteiger partial charge >= 0.3 is 0 Å². The summed E-state index contributed by atoms with van der Waals surface area (Å²) in [7, 11) is 3.23. The molecule has 1 aromatic heterocycles. The van der Waals surface area contributed by atoms with Crippen LogP contribution in [0, 0.1) is 11.7 Å². The number of carbonyl (C=O) groups is 3. The highest BCUT2D eigenvalue weighted by Gasteiger charge is 2.22. The van der Waals surface area contributed by atoms with Crippen LogP contribution in [-0.2, 0) is 9.59 Å². The van der Waals surface area contributed by atoms with Crippen molar-refractivity contribution < 1.29 is 23.5 Å². The van der Waals surface area contributed by atoms with Crippen LogP contribution in [0.1, 0.15) is 30.8 Å². The molecule has 0 aliphatic rings. The molecular formula is C23H30FN5O4. The highest BCUT2D eigenvalue weighted by Crippen LogP contribution is 2.25. The van der Waals surface area contributed by atoms with Gasteiger partial charge in [-0.3, -0.25) is 19.4 Å². The van der Waals surface area contributed by atoms with Crippen molar-refractivity contribution in [3.8, 4) is 11.5 Å². The van der Waals surface area contributed by atoms with Crippen LogP contribution in [0.4, 0.5) is 10.1 Å². The molecule has 1 aromatic carbocycles. The lowest BCUT2D eigenvalue weighted by Crippen LogP contribution is -2.47. The number of likely N-dealkylation sites (N-methyl/N-ethyl adjacent to an activating group) is 1. The Labute approximate surface area is 192 Å². The Morgan fingerprint density at radius 1 is 1.21 bits per heavy atom. The predicted octanol–water partition coefficient (Wildman–Crippen LogP) is 2.40. The van der Waals surface area contributed by atoms with Gasteiger partial charge in [-0.05, 0) is 30.5 Å². The van der Waals surface area contributed by atoms with Crippen LogP contribution in [-0.4, -0.2) is 61.3 Å². The molecule has 0 fully saturated rings. The molecule has 3 amide bonds. The Kier molecular flexibility index (Phi) is 9.59. The van der Waals surface area contributed by atoms with Crippen molar-refractivity contribution in [1.82, 2.24) is 20.5 Å². The molecule has 0 saturated carbocycles. The molecule has 0 radical (unpaired) electrons. The van der Waals surface area contributed by atoms with Gasteiger partial charge in [-0.25, -0.2) is 4.39 Å². The lowest BCUT2D eigenvalue weighted by atomic mass is 10.0. The number of pyridine rings is 1. The van der Waals surface area contributed by atoms with Gasteiger partial charge in [0.05, 0.1) is 5.69 Å². The molecule has 178 valence electrons. The van der Waals surface area contributed by atoms with E-state index in [4.69, 9.17) is 4.74 Å². The molecule has 0 aliphatic carbocycles. The number of aromatic nitrogens is 1. The zero-order valence-corrected chi connectivity index (χ0v) is 19.2. The summed E-state index contributed by atoms with van der Waals surface area (Å²) >= 11 is 0. The first-order valence-corrected chi connectivity index (χ1v) is 10.6. The summed E-state index contributed by atoms with van der Waals surface area (Å²) < 4.78 is 19.5. The Balaban J connectivity index is 1.92. The fraction of sp³-hybridized carbons (Fsp3) is 0.391. The van der Waals surface area contributed by atoms with E-state index >= 15 is 0 Å². The molecule has 0 saturated heterocycles. The van der Waals surface area contributed by atoms with E-state index in [0.717, 1.165) is 0 Å². The molecule has 33 heavy (non-hydrogen) atoms. The van der Waals surface area contributed by atoms with Gasteiger partial charge in [-0.15, -0.1) is 0 Å². The van der Waals surface area contributed by atoms with Gasteiger partial charge in [-0.1, -0.05) is 13.8 Å². The maximum atomic E-state index is 13.9. The van der Waals surface area contributed by atoms with Gasteiger partial charge in [0.15, 0.2) is 0 Å². The van der Waals surface area contributed by atoms with E-state index in [1.807, 2.05) is 13.8 Å². The first-order chi connectivity index (χ1) is 15.7. The standard InChI is InChI=1S/C23H30FN5O4/c1-15(2)11-21(28-14-30)23(32)29(4)10-9-27-22(31)20-13-17(7-8-26-20)33-16-5-6-19(25-3)18(24)12-16/h5-8,12-15,21,25H,9-11H2,1-4H3,(H,27,31)(H,28,30). The minimum absolute atomic E-state index is 0.120. The van der Waals surface area contributed by atoms with Gasteiger partial charge in [0.1, 0.15) is 29.1 Å². The molecule has 2 aromatic rings. The highest BCUT2D eigenvalue weighted by molar-refractivity contribution is 5.92. The minimum Gasteiger partial charge on any atom is -0.457 e. The smallest absolute Gasteiger partial charge is 0.270 e. The number of hydrogen-bond acceptors (Lipinski definition) is 6. The normalized spacial score (nSPS) is 11.5. The molecule has 1 atom stereocenters. The van der Waals surface area contributed by atoms with Crippen molar-refractivity contribution in [1.29, 1.82) is 0 Å². The second-order valence-corrected chi connectivity index (χ2v) is 7.85. The topological polar surface area (TPSA) is 113 Å². The quantitative estimate of drug-likeness (QED) is 0.420. The molecule has 9 nitrogen and oxygen atoms in total. The van der Waals surface area contributed by atoms with E-state index in [1.54, 1.807) is 32.3 Å². The molecule has 10 heteroatoms. The number of hydrogen-bond donors (Lipinski definition) is 3. The Morgan fingerprint density at radius 2 is 1.94 bits per heavy atom. The summed E-state index contributed by atoms with van der Waals surface area (Å²) in [5, 5.41) is 7.98. The van der Waals surface area contributed by atoms with Crippen LogP contribution in [0.25, 0.3) is 0 Å². The first-order valence-electron chi connectivity index (χ1n) is 10.6. The molecule has 0 spiro atoms. The number of carbonyl (C=O) groups excluding carboxylic acids is 3. The maximum Gasteiger partial charge on any atom is 0.270 e. The van der Waals surface area contributed by atoms with Crippen molar-refractivity contribution in [3.63, 3.8) is 0 Å². The van der Waals surface area contributed by atoms with Gasteiger partial charge in [0, 0.05) is 45.5 Å². The van der Waals surface area contributed by atoms with E-state index in [-0.39, 0.29) is 36.4 Å². The monoisotopic (exact) mass is 459 g/mol. The number of ether oxygens (including phenoxy) is 1. The van der Waals surface area contributed by atoms with E-state index in [1.165, 1.54) is 23.2 Å². The summed E-state index contributed by atoms with van der Waals surface area (Å²) in [4.78, 5) is 41.3. The number of anilines is 1. The van der Waals surface area contributed by atoms with Crippen LogP contribution >= 0.6 is 0 Å². The fourth-order valence-corrected chi connectivity index (χ4v) is 3.09. The SMILES string of the molecule is CNc1ccc(Oc2ccnc(C(=O)NCCN(C)C(=O)C(CC(C)C)NC=O)c2)cc1F. The van der Waals surface area contributed by atoms with Crippen LogP contribution in [0.3, 0.4) is 0 Å². The molecule has 0 bridgehead atoms. The summed E-state index contributed by atoms with van der Waals surface area (Å²) in [6.45, 7) is 4.38. The number of nitrogens with one attached hydrogen (secondary N) is 3. The summed E-state index contributed by atoms with van der Waals surface area (Å²) in [6, 6.07) is 6.79. The second-order valence-electron chi connectivity index (χ2n) is 7.85. The predicted molar refractivity (Wildman–Crippen MR) is 123 cm³/mol. The average molecular weight is 460 g/mol. The third-order valence-electron chi connectivity index (χ3n) is 4.79. The second kappa shape index (κ2) is 12.4. The van der Waals surface area contributed by atoms with E-state index in [2.05, 4.69) is 20.9 Å². The highest BCUT2D eigenvalue weighted by atomic mass is 19.1. The number of nitrogens with zero attached hydrogens (tertiary/aromatic N) is 2. The number of amides is 3. The van der Waals surface area contributed by atoms with Gasteiger partial charge in [0.2, 0.25) is 12.3 Å². The number of benzene rings is 1. The lowest BCUT2D eigenvalue weighted by molar-refractivity contribution is -0.133. The third-order valence-corrected chi connectivity index (χ3v) is 4.79. The third kappa shape index (κ3) is 7.74. The van der Waals surface area contributed by atoms with Crippen LogP contribution in [0.2, 0.25) is 0 Å². The van der Waals surface area contributed by atoms with Crippen LogP contribution in [0.5, 0.6) is 11.5 Å². The average Bonchev–Trinajstić information content (AvgIpc) is 2.78. The Hall–Kier alpha value is -3.69. The van der Waals surface area contributed by atoms with Crippen molar-refractivity contribution in [2.45, 2.75) is 26.3 Å². The van der Waals surface area contributed by atoms with E-state index < -0.39 is 17.8 Å². The zero-order valence-electron chi connectivity index (χ0n) is 19.2. The van der Waals surface area contributed by atoms with Crippen molar-refractivity contribution in [3.05, 3.63) is 48.0 Å². The van der Waals surface area contributed by atoms with Gasteiger partial charge in [-0.2, -0.15) is 0 Å². The maximum absolute atomic E-state index is 13.9. The van der Waals surface area contributed by atoms with Crippen LogP contribution in [0.15, 0.2) is 36.5 Å². The van der Waals surface area contributed by atoms with Crippen LogP contribution < -0.4 is 20.7 Å². The molecule has 3 N–H and O–H groups in total. The number of rotatable bonds is 12. The molecule has 0 aliphatic heterocycles. The molecule has 1 unspecified atom stereocenters. The van der Waals surface area contributed by atoms with E-state index in [0.29, 0.717) is 24.3 Å². The molecular weight excluding hydrogens is 429 g/mol. The van der Waals surface area contributed by atoms with E-state index in [9.17, 15) is 18.8 Å². The molecule has 2 rings (SSSR count). The van der Waals surface area contributed by atoms with Gasteiger partial charge < -0.3 is 25.6 Å². The van der Waals surface area contributed by atoms with Crippen molar-refractivity contribution >= 4 is 23.9 Å². The lowest BCUT2D eigenvalue weighted by Gasteiger charge is -2.24. The van der Waals surface area contributed by atoms with Crippen molar-refractivity contribution in [2.24, 2.45) is 5.92 Å². The number of halogens is 1. The molecule has 1 heterocycles. The Bertz CT molecular complexity index is 970.